The molecule has 2 heterocycles. The number of benzene rings is 1. The van der Waals surface area contributed by atoms with Crippen LogP contribution < -0.4 is 10.1 Å². The molecule has 2 aromatic heterocycles. The Kier molecular flexibility index (Phi) is 4.34. The minimum absolute atomic E-state index is 0.213. The van der Waals surface area contributed by atoms with E-state index in [9.17, 15) is 4.79 Å². The van der Waals surface area contributed by atoms with Crippen molar-refractivity contribution in [3.8, 4) is 16.2 Å². The Labute approximate surface area is 138 Å². The highest BCUT2D eigenvalue weighted by atomic mass is 32.1. The number of carbonyl (C=O) groups excluding carboxylic acids is 1. The molecule has 0 saturated carbocycles. The quantitative estimate of drug-likeness (QED) is 0.793. The van der Waals surface area contributed by atoms with Gasteiger partial charge in [-0.1, -0.05) is 23.5 Å². The van der Waals surface area contributed by atoms with Gasteiger partial charge in [0.2, 0.25) is 0 Å². The van der Waals surface area contributed by atoms with Crippen LogP contribution in [0.4, 0.5) is 5.13 Å². The number of anilines is 1. The minimum atomic E-state index is -0.213. The van der Waals surface area contributed by atoms with Crippen LogP contribution in [0.2, 0.25) is 0 Å². The van der Waals surface area contributed by atoms with Crippen molar-refractivity contribution in [1.82, 2.24) is 9.97 Å². The van der Waals surface area contributed by atoms with Crippen LogP contribution in [0.5, 0.6) is 5.75 Å². The highest BCUT2D eigenvalue weighted by molar-refractivity contribution is 7.19. The summed E-state index contributed by atoms with van der Waals surface area (Å²) in [6.45, 7) is 1.92. The van der Waals surface area contributed by atoms with E-state index in [0.29, 0.717) is 16.4 Å². The average molecular weight is 325 g/mol. The number of nitrogens with one attached hydrogen (secondary N) is 1. The normalized spacial score (nSPS) is 10.3. The largest absolute Gasteiger partial charge is 0.497 e. The summed E-state index contributed by atoms with van der Waals surface area (Å²) in [6.07, 6.45) is 3.51. The fraction of sp³-hybridized carbons (Fsp3) is 0.118. The third-order valence-corrected chi connectivity index (χ3v) is 4.39. The molecule has 0 spiro atoms. The van der Waals surface area contributed by atoms with Crippen LogP contribution in [-0.2, 0) is 0 Å². The molecular weight excluding hydrogens is 310 g/mol. The molecule has 0 aliphatic carbocycles. The van der Waals surface area contributed by atoms with Crippen LogP contribution in [0.1, 0.15) is 16.1 Å². The second kappa shape index (κ2) is 6.58. The van der Waals surface area contributed by atoms with Crippen molar-refractivity contribution >= 4 is 22.4 Å². The van der Waals surface area contributed by atoms with E-state index in [0.717, 1.165) is 16.1 Å². The molecule has 1 N–H and O–H groups in total. The zero-order valence-corrected chi connectivity index (χ0v) is 13.6. The Balaban J connectivity index is 1.82. The lowest BCUT2D eigenvalue weighted by Gasteiger charge is -2.04. The van der Waals surface area contributed by atoms with E-state index in [4.69, 9.17) is 4.74 Å². The number of hydrogen-bond acceptors (Lipinski definition) is 5. The summed E-state index contributed by atoms with van der Waals surface area (Å²) < 4.78 is 5.14. The molecule has 0 radical (unpaired) electrons. The molecule has 1 aromatic carbocycles. The van der Waals surface area contributed by atoms with E-state index >= 15 is 0 Å². The maximum absolute atomic E-state index is 12.3. The SMILES string of the molecule is COc1cccc(C(=O)Nc2nc(C)c(-c3cccnc3)s2)c1. The van der Waals surface area contributed by atoms with Crippen molar-refractivity contribution < 1.29 is 9.53 Å². The highest BCUT2D eigenvalue weighted by Gasteiger charge is 2.13. The van der Waals surface area contributed by atoms with E-state index in [-0.39, 0.29) is 5.91 Å². The van der Waals surface area contributed by atoms with Gasteiger partial charge < -0.3 is 4.74 Å². The van der Waals surface area contributed by atoms with Gasteiger partial charge in [-0.3, -0.25) is 15.1 Å². The predicted molar refractivity (Wildman–Crippen MR) is 91.0 cm³/mol. The van der Waals surface area contributed by atoms with E-state index in [2.05, 4.69) is 15.3 Å². The number of pyridine rings is 1. The van der Waals surface area contributed by atoms with Crippen molar-refractivity contribution in [2.24, 2.45) is 0 Å². The van der Waals surface area contributed by atoms with Crippen molar-refractivity contribution in [1.29, 1.82) is 0 Å². The molecule has 0 saturated heterocycles. The van der Waals surface area contributed by atoms with Crippen LogP contribution in [-0.4, -0.2) is 23.0 Å². The molecule has 3 aromatic rings. The van der Waals surface area contributed by atoms with Crippen molar-refractivity contribution in [2.75, 3.05) is 12.4 Å². The van der Waals surface area contributed by atoms with Gasteiger partial charge in [0.05, 0.1) is 17.7 Å². The van der Waals surface area contributed by atoms with Gasteiger partial charge in [-0.25, -0.2) is 4.98 Å². The molecule has 0 aliphatic heterocycles. The molecule has 1 amide bonds. The molecule has 0 aliphatic rings. The zero-order valence-electron chi connectivity index (χ0n) is 12.7. The Hall–Kier alpha value is -2.73. The number of ether oxygens (including phenoxy) is 1. The fourth-order valence-corrected chi connectivity index (χ4v) is 3.10. The number of amides is 1. The molecule has 0 fully saturated rings. The van der Waals surface area contributed by atoms with Gasteiger partial charge in [-0.15, -0.1) is 0 Å². The Morgan fingerprint density at radius 2 is 2.13 bits per heavy atom. The van der Waals surface area contributed by atoms with Crippen molar-refractivity contribution in [3.63, 3.8) is 0 Å². The van der Waals surface area contributed by atoms with Crippen LogP contribution in [0, 0.1) is 6.92 Å². The summed E-state index contributed by atoms with van der Waals surface area (Å²) in [5, 5.41) is 3.40. The average Bonchev–Trinajstić information content (AvgIpc) is 2.96. The van der Waals surface area contributed by atoms with E-state index in [1.54, 1.807) is 43.8 Å². The summed E-state index contributed by atoms with van der Waals surface area (Å²) in [4.78, 5) is 21.9. The molecule has 6 heteroatoms. The number of hydrogen-bond donors (Lipinski definition) is 1. The third-order valence-electron chi connectivity index (χ3n) is 3.27. The number of aromatic nitrogens is 2. The number of methoxy groups -OCH3 is 1. The Morgan fingerprint density at radius 3 is 2.87 bits per heavy atom. The van der Waals surface area contributed by atoms with Gasteiger partial charge in [0.25, 0.3) is 5.91 Å². The lowest BCUT2D eigenvalue weighted by molar-refractivity contribution is 0.102. The molecule has 0 unspecified atom stereocenters. The third kappa shape index (κ3) is 3.37. The molecular formula is C17H15N3O2S. The number of rotatable bonds is 4. The molecule has 23 heavy (non-hydrogen) atoms. The monoisotopic (exact) mass is 325 g/mol. The first kappa shape index (κ1) is 15.2. The van der Waals surface area contributed by atoms with Gasteiger partial charge in [-0.05, 0) is 31.2 Å². The van der Waals surface area contributed by atoms with Crippen molar-refractivity contribution in [2.45, 2.75) is 6.92 Å². The number of aryl methyl sites for hydroxylation is 1. The standard InChI is InChI=1S/C17H15N3O2S/c1-11-15(13-6-4-8-18-10-13)23-17(19-11)20-16(21)12-5-3-7-14(9-12)22-2/h3-10H,1-2H3,(H,19,20,21). The lowest BCUT2D eigenvalue weighted by atomic mass is 10.2. The predicted octanol–water partition coefficient (Wildman–Crippen LogP) is 3.77. The number of nitrogens with zero attached hydrogens (tertiary/aromatic N) is 2. The zero-order chi connectivity index (χ0) is 16.2. The second-order valence-corrected chi connectivity index (χ2v) is 5.86. The Bertz CT molecular complexity index is 831. The second-order valence-electron chi connectivity index (χ2n) is 4.86. The molecule has 3 rings (SSSR count). The maximum Gasteiger partial charge on any atom is 0.257 e. The summed E-state index contributed by atoms with van der Waals surface area (Å²) in [7, 11) is 1.57. The summed E-state index contributed by atoms with van der Waals surface area (Å²) >= 11 is 1.43. The van der Waals surface area contributed by atoms with Gasteiger partial charge in [0, 0.05) is 23.5 Å². The van der Waals surface area contributed by atoms with E-state index < -0.39 is 0 Å². The van der Waals surface area contributed by atoms with Crippen LogP contribution in [0.25, 0.3) is 10.4 Å². The first-order valence-electron chi connectivity index (χ1n) is 7.00. The van der Waals surface area contributed by atoms with Crippen LogP contribution in [0.3, 0.4) is 0 Å². The topological polar surface area (TPSA) is 64.1 Å². The fourth-order valence-electron chi connectivity index (χ4n) is 2.15. The maximum atomic E-state index is 12.3. The van der Waals surface area contributed by atoms with Gasteiger partial charge >= 0.3 is 0 Å². The number of thiazole rings is 1. The minimum Gasteiger partial charge on any atom is -0.497 e. The molecule has 0 bridgehead atoms. The lowest BCUT2D eigenvalue weighted by Crippen LogP contribution is -2.11. The summed E-state index contributed by atoms with van der Waals surface area (Å²) in [5.74, 6) is 0.430. The number of carbonyl (C=O) groups is 1. The van der Waals surface area contributed by atoms with Crippen LogP contribution >= 0.6 is 11.3 Å². The van der Waals surface area contributed by atoms with Gasteiger partial charge in [0.1, 0.15) is 5.75 Å². The van der Waals surface area contributed by atoms with E-state index in [1.807, 2.05) is 19.1 Å². The van der Waals surface area contributed by atoms with Crippen molar-refractivity contribution in [3.05, 3.63) is 60.0 Å². The first-order valence-corrected chi connectivity index (χ1v) is 7.82. The van der Waals surface area contributed by atoms with Gasteiger partial charge in [0.15, 0.2) is 5.13 Å². The van der Waals surface area contributed by atoms with E-state index in [1.165, 1.54) is 11.3 Å². The molecule has 0 atom stereocenters. The smallest absolute Gasteiger partial charge is 0.257 e. The van der Waals surface area contributed by atoms with Crippen LogP contribution in [0.15, 0.2) is 48.8 Å². The molecule has 116 valence electrons. The highest BCUT2D eigenvalue weighted by Crippen LogP contribution is 2.32. The van der Waals surface area contributed by atoms with Gasteiger partial charge in [-0.2, -0.15) is 0 Å². The molecule has 5 nitrogen and oxygen atoms in total. The Morgan fingerprint density at radius 1 is 1.26 bits per heavy atom. The summed E-state index contributed by atoms with van der Waals surface area (Å²) in [6, 6.07) is 10.9. The first-order chi connectivity index (χ1) is 11.2. The summed E-state index contributed by atoms with van der Waals surface area (Å²) in [5.41, 5.74) is 2.38.